The highest BCUT2D eigenvalue weighted by atomic mass is 16.6. The molecule has 0 saturated carbocycles. The van der Waals surface area contributed by atoms with Crippen LogP contribution in [0.15, 0.2) is 54.6 Å². The van der Waals surface area contributed by atoms with Gasteiger partial charge in [-0.3, -0.25) is 0 Å². The summed E-state index contributed by atoms with van der Waals surface area (Å²) in [6.07, 6.45) is 0.660. The number of hydrogen-bond acceptors (Lipinski definition) is 6. The van der Waals surface area contributed by atoms with Gasteiger partial charge in [0.2, 0.25) is 0 Å². The van der Waals surface area contributed by atoms with Crippen molar-refractivity contribution >= 4 is 12.1 Å². The maximum Gasteiger partial charge on any atom is 0.409 e. The Morgan fingerprint density at radius 2 is 1.56 bits per heavy atom. The van der Waals surface area contributed by atoms with E-state index in [1.165, 1.54) is 0 Å². The molecule has 36 heavy (non-hydrogen) atoms. The molecule has 8 heteroatoms. The van der Waals surface area contributed by atoms with E-state index in [4.69, 9.17) is 18.9 Å². The van der Waals surface area contributed by atoms with Crippen LogP contribution < -0.4 is 9.47 Å². The van der Waals surface area contributed by atoms with Crippen LogP contribution in [0.2, 0.25) is 0 Å². The van der Waals surface area contributed by atoms with E-state index >= 15 is 0 Å². The van der Waals surface area contributed by atoms with Crippen molar-refractivity contribution in [1.29, 1.82) is 0 Å². The molecule has 2 rings (SSSR count). The fourth-order valence-electron chi connectivity index (χ4n) is 3.36. The molecular formula is C28H39NO7. The number of aliphatic carboxylic acids is 1. The van der Waals surface area contributed by atoms with Gasteiger partial charge in [0.1, 0.15) is 18.1 Å². The molecule has 0 spiro atoms. The summed E-state index contributed by atoms with van der Waals surface area (Å²) >= 11 is 0. The van der Waals surface area contributed by atoms with Crippen LogP contribution in [0.3, 0.4) is 0 Å². The average Bonchev–Trinajstić information content (AvgIpc) is 2.87. The Bertz CT molecular complexity index is 887. The second kappa shape index (κ2) is 16.4. The highest BCUT2D eigenvalue weighted by Crippen LogP contribution is 2.15. The number of rotatable bonds is 17. The van der Waals surface area contributed by atoms with Crippen molar-refractivity contribution < 1.29 is 33.6 Å². The van der Waals surface area contributed by atoms with Gasteiger partial charge >= 0.3 is 12.1 Å². The summed E-state index contributed by atoms with van der Waals surface area (Å²) in [5, 5.41) is 9.25. The summed E-state index contributed by atoms with van der Waals surface area (Å²) in [4.78, 5) is 25.5. The van der Waals surface area contributed by atoms with Gasteiger partial charge in [0.05, 0.1) is 19.8 Å². The van der Waals surface area contributed by atoms with E-state index < -0.39 is 12.1 Å². The Hall–Kier alpha value is -3.26. The number of carbonyl (C=O) groups excluding carboxylic acids is 1. The van der Waals surface area contributed by atoms with E-state index in [0.717, 1.165) is 24.2 Å². The van der Waals surface area contributed by atoms with Gasteiger partial charge in [-0.2, -0.15) is 0 Å². The normalized spacial score (nSPS) is 11.7. The number of hydrogen-bond donors (Lipinski definition) is 1. The Kier molecular flexibility index (Phi) is 13.2. The lowest BCUT2D eigenvalue weighted by atomic mass is 10.1. The van der Waals surface area contributed by atoms with Gasteiger partial charge in [-0.25, -0.2) is 9.59 Å². The first kappa shape index (κ1) is 29.0. The van der Waals surface area contributed by atoms with E-state index in [9.17, 15) is 14.7 Å². The highest BCUT2D eigenvalue weighted by molar-refractivity contribution is 5.72. The number of carbonyl (C=O) groups is 2. The zero-order valence-electron chi connectivity index (χ0n) is 21.6. The molecular weight excluding hydrogens is 462 g/mol. The minimum atomic E-state index is -0.978. The van der Waals surface area contributed by atoms with Gasteiger partial charge in [-0.15, -0.1) is 0 Å². The van der Waals surface area contributed by atoms with E-state index in [1.54, 1.807) is 24.0 Å². The summed E-state index contributed by atoms with van der Waals surface area (Å²) in [7, 11) is 0. The first-order valence-corrected chi connectivity index (χ1v) is 12.5. The third-order valence-corrected chi connectivity index (χ3v) is 5.25. The third-order valence-electron chi connectivity index (χ3n) is 5.25. The van der Waals surface area contributed by atoms with Gasteiger partial charge < -0.3 is 29.0 Å². The quantitative estimate of drug-likeness (QED) is 0.303. The number of unbranched alkanes of at least 4 members (excludes halogenated alkanes) is 1. The summed E-state index contributed by atoms with van der Waals surface area (Å²) in [5.41, 5.74) is 0.847. The van der Waals surface area contributed by atoms with Gasteiger partial charge in [-0.05, 0) is 55.5 Å². The summed E-state index contributed by atoms with van der Waals surface area (Å²) in [6, 6.07) is 16.9. The van der Waals surface area contributed by atoms with E-state index in [0.29, 0.717) is 45.3 Å². The monoisotopic (exact) mass is 501 g/mol. The van der Waals surface area contributed by atoms with Crippen LogP contribution in [-0.2, 0) is 20.7 Å². The topological polar surface area (TPSA) is 94.5 Å². The molecule has 0 aromatic heterocycles. The number of ether oxygens (including phenoxy) is 4. The molecule has 1 N–H and O–H groups in total. The summed E-state index contributed by atoms with van der Waals surface area (Å²) in [6.45, 7) is 8.31. The van der Waals surface area contributed by atoms with Crippen LogP contribution in [-0.4, -0.2) is 67.7 Å². The first-order valence-electron chi connectivity index (χ1n) is 12.5. The number of amides is 1. The molecule has 198 valence electrons. The minimum absolute atomic E-state index is 0.258. The van der Waals surface area contributed by atoms with E-state index in [-0.39, 0.29) is 18.4 Å². The van der Waals surface area contributed by atoms with Crippen molar-refractivity contribution in [2.45, 2.75) is 46.1 Å². The summed E-state index contributed by atoms with van der Waals surface area (Å²) in [5.74, 6) is 0.761. The van der Waals surface area contributed by atoms with Crippen LogP contribution >= 0.6 is 0 Å². The van der Waals surface area contributed by atoms with Gasteiger partial charge in [0, 0.05) is 19.6 Å². The van der Waals surface area contributed by atoms with E-state index in [2.05, 4.69) is 0 Å². The molecule has 0 aliphatic rings. The fourth-order valence-corrected chi connectivity index (χ4v) is 3.36. The number of para-hydroxylation sites is 1. The maximum absolute atomic E-state index is 12.6. The molecule has 1 amide bonds. The van der Waals surface area contributed by atoms with Crippen molar-refractivity contribution in [3.05, 3.63) is 60.2 Å². The highest BCUT2D eigenvalue weighted by Gasteiger charge is 2.18. The van der Waals surface area contributed by atoms with Gasteiger partial charge in [-0.1, -0.05) is 44.2 Å². The van der Waals surface area contributed by atoms with Crippen molar-refractivity contribution in [3.63, 3.8) is 0 Å². The molecule has 0 bridgehead atoms. The van der Waals surface area contributed by atoms with Crippen LogP contribution in [0.1, 0.15) is 39.2 Å². The fraction of sp³-hybridized carbons (Fsp3) is 0.500. The van der Waals surface area contributed by atoms with Gasteiger partial charge in [0.15, 0.2) is 6.10 Å². The van der Waals surface area contributed by atoms with Crippen molar-refractivity contribution in [3.8, 4) is 11.5 Å². The molecule has 1 atom stereocenters. The minimum Gasteiger partial charge on any atom is -0.494 e. The van der Waals surface area contributed by atoms with Crippen LogP contribution in [0.4, 0.5) is 4.79 Å². The largest absolute Gasteiger partial charge is 0.494 e. The molecule has 0 aliphatic carbocycles. The Labute approximate surface area is 214 Å². The third kappa shape index (κ3) is 11.4. The zero-order chi connectivity index (χ0) is 26.2. The molecule has 0 aliphatic heterocycles. The Balaban J connectivity index is 1.80. The molecule has 0 radical (unpaired) electrons. The number of carboxylic acids is 1. The smallest absolute Gasteiger partial charge is 0.409 e. The lowest BCUT2D eigenvalue weighted by molar-refractivity contribution is -0.149. The van der Waals surface area contributed by atoms with Crippen molar-refractivity contribution in [2.75, 3.05) is 39.5 Å². The molecule has 8 nitrogen and oxygen atoms in total. The summed E-state index contributed by atoms with van der Waals surface area (Å²) < 4.78 is 22.3. The maximum atomic E-state index is 12.6. The molecule has 0 saturated heterocycles. The first-order chi connectivity index (χ1) is 17.4. The average molecular weight is 502 g/mol. The van der Waals surface area contributed by atoms with Crippen LogP contribution in [0.5, 0.6) is 11.5 Å². The number of nitrogens with zero attached hydrogens (tertiary/aromatic N) is 1. The predicted molar refractivity (Wildman–Crippen MR) is 138 cm³/mol. The Morgan fingerprint density at radius 3 is 2.19 bits per heavy atom. The molecule has 1 unspecified atom stereocenters. The van der Waals surface area contributed by atoms with E-state index in [1.807, 2.05) is 56.3 Å². The van der Waals surface area contributed by atoms with Crippen molar-refractivity contribution in [1.82, 2.24) is 4.90 Å². The Morgan fingerprint density at radius 1 is 0.889 bits per heavy atom. The lowest BCUT2D eigenvalue weighted by Gasteiger charge is -2.23. The lowest BCUT2D eigenvalue weighted by Crippen LogP contribution is -2.36. The predicted octanol–water partition coefficient (Wildman–Crippen LogP) is 5.05. The molecule has 0 fully saturated rings. The standard InChI is InChI=1S/C28H39NO7/c1-4-33-26(27(30)31)20-23-12-14-25(15-13-23)35-19-17-29(28(32)36-21-22(2)3)16-8-9-18-34-24-10-6-5-7-11-24/h5-7,10-15,22,26H,4,8-9,16-21H2,1-3H3,(H,30,31). The molecule has 2 aromatic carbocycles. The second-order valence-corrected chi connectivity index (χ2v) is 8.81. The number of carboxylic acid groups (broad SMARTS) is 1. The van der Waals surface area contributed by atoms with Crippen LogP contribution in [0, 0.1) is 5.92 Å². The SMILES string of the molecule is CCOC(Cc1ccc(OCCN(CCCCOc2ccccc2)C(=O)OCC(C)C)cc1)C(=O)O. The number of benzene rings is 2. The molecule has 2 aromatic rings. The van der Waals surface area contributed by atoms with Gasteiger partial charge in [0.25, 0.3) is 0 Å². The zero-order valence-corrected chi connectivity index (χ0v) is 21.6. The van der Waals surface area contributed by atoms with Crippen molar-refractivity contribution in [2.24, 2.45) is 5.92 Å². The molecule has 0 heterocycles. The second-order valence-electron chi connectivity index (χ2n) is 8.81. The van der Waals surface area contributed by atoms with Crippen LogP contribution in [0.25, 0.3) is 0 Å².